The maximum Gasteiger partial charge on any atom is 0.161 e. The normalized spacial score (nSPS) is 16.1. The van der Waals surface area contributed by atoms with Gasteiger partial charge in [-0.15, -0.1) is 0 Å². The van der Waals surface area contributed by atoms with Gasteiger partial charge in [0.15, 0.2) is 11.5 Å². The predicted octanol–water partition coefficient (Wildman–Crippen LogP) is 2.83. The summed E-state index contributed by atoms with van der Waals surface area (Å²) in [6, 6.07) is 6.43. The number of nitrogens with two attached hydrogens (primary N) is 1. The molecular weight excluding hydrogens is 264 g/mol. The van der Waals surface area contributed by atoms with Crippen LogP contribution >= 0.6 is 0 Å². The summed E-state index contributed by atoms with van der Waals surface area (Å²) in [4.78, 5) is 2.33. The van der Waals surface area contributed by atoms with Crippen molar-refractivity contribution in [1.82, 2.24) is 4.90 Å². The van der Waals surface area contributed by atoms with Crippen molar-refractivity contribution in [3.05, 3.63) is 23.8 Å². The first kappa shape index (κ1) is 16.1. The number of likely N-dealkylation sites (N-methyl/N-ethyl adjacent to an activating group) is 1. The molecule has 4 nitrogen and oxygen atoms in total. The van der Waals surface area contributed by atoms with Crippen molar-refractivity contribution in [2.75, 3.05) is 33.4 Å². The summed E-state index contributed by atoms with van der Waals surface area (Å²) in [5.74, 6) is 2.40. The zero-order chi connectivity index (χ0) is 15.2. The van der Waals surface area contributed by atoms with Crippen LogP contribution in [0.15, 0.2) is 18.2 Å². The highest BCUT2D eigenvalue weighted by Crippen LogP contribution is 2.33. The molecule has 0 aromatic heterocycles. The summed E-state index contributed by atoms with van der Waals surface area (Å²) in [6.07, 6.45) is 2.11. The Hall–Kier alpha value is -1.26. The summed E-state index contributed by atoms with van der Waals surface area (Å²) in [7, 11) is 2.14. The first-order chi connectivity index (χ1) is 10.1. The van der Waals surface area contributed by atoms with Crippen LogP contribution in [0.4, 0.5) is 0 Å². The van der Waals surface area contributed by atoms with Gasteiger partial charge in [0, 0.05) is 19.0 Å². The van der Waals surface area contributed by atoms with E-state index < -0.39 is 0 Å². The number of fused-ring (bicyclic) bond motifs is 1. The molecule has 2 rings (SSSR count). The second-order valence-corrected chi connectivity index (χ2v) is 6.17. The van der Waals surface area contributed by atoms with Gasteiger partial charge in [-0.2, -0.15) is 0 Å². The quantitative estimate of drug-likeness (QED) is 0.876. The maximum atomic E-state index is 6.01. The Bertz CT molecular complexity index is 448. The van der Waals surface area contributed by atoms with Gasteiger partial charge in [0.1, 0.15) is 0 Å². The van der Waals surface area contributed by atoms with E-state index in [0.717, 1.165) is 31.1 Å². The molecule has 118 valence electrons. The molecule has 2 N–H and O–H groups in total. The number of ether oxygens (including phenoxy) is 2. The van der Waals surface area contributed by atoms with Gasteiger partial charge >= 0.3 is 0 Å². The molecule has 21 heavy (non-hydrogen) atoms. The second-order valence-electron chi connectivity index (χ2n) is 6.17. The van der Waals surface area contributed by atoms with Crippen molar-refractivity contribution in [3.8, 4) is 11.5 Å². The van der Waals surface area contributed by atoms with Gasteiger partial charge in [-0.05, 0) is 43.6 Å². The Morgan fingerprint density at radius 1 is 1.19 bits per heavy atom. The average molecular weight is 292 g/mol. The zero-order valence-corrected chi connectivity index (χ0v) is 13.5. The van der Waals surface area contributed by atoms with Gasteiger partial charge in [-0.3, -0.25) is 4.90 Å². The molecule has 0 bridgehead atoms. The third kappa shape index (κ3) is 4.35. The van der Waals surface area contributed by atoms with Crippen molar-refractivity contribution >= 4 is 0 Å². The predicted molar refractivity (Wildman–Crippen MR) is 85.9 cm³/mol. The summed E-state index contributed by atoms with van der Waals surface area (Å²) in [6.45, 7) is 7.59. The van der Waals surface area contributed by atoms with E-state index in [4.69, 9.17) is 15.2 Å². The van der Waals surface area contributed by atoms with E-state index in [-0.39, 0.29) is 6.04 Å². The number of rotatable bonds is 6. The van der Waals surface area contributed by atoms with Crippen LogP contribution in [-0.4, -0.2) is 38.3 Å². The summed E-state index contributed by atoms with van der Waals surface area (Å²) >= 11 is 0. The Kier molecular flexibility index (Phi) is 5.88. The molecule has 0 aliphatic carbocycles. The topological polar surface area (TPSA) is 47.7 Å². The Morgan fingerprint density at radius 3 is 2.57 bits per heavy atom. The first-order valence-corrected chi connectivity index (χ1v) is 7.91. The van der Waals surface area contributed by atoms with E-state index in [1.165, 1.54) is 12.0 Å². The van der Waals surface area contributed by atoms with E-state index in [9.17, 15) is 0 Å². The van der Waals surface area contributed by atoms with Crippen molar-refractivity contribution in [1.29, 1.82) is 0 Å². The third-order valence-corrected chi connectivity index (χ3v) is 3.97. The minimum absolute atomic E-state index is 0.223. The zero-order valence-electron chi connectivity index (χ0n) is 13.5. The van der Waals surface area contributed by atoms with E-state index in [2.05, 4.69) is 37.9 Å². The fourth-order valence-electron chi connectivity index (χ4n) is 2.58. The Labute approximate surface area is 128 Å². The van der Waals surface area contributed by atoms with E-state index in [1.54, 1.807) is 0 Å². The molecule has 1 unspecified atom stereocenters. The number of hydrogen-bond donors (Lipinski definition) is 1. The first-order valence-electron chi connectivity index (χ1n) is 7.91. The van der Waals surface area contributed by atoms with Gasteiger partial charge in [-0.25, -0.2) is 0 Å². The molecule has 0 saturated carbocycles. The maximum absolute atomic E-state index is 6.01. The number of nitrogens with zero attached hydrogens (tertiary/aromatic N) is 1. The standard InChI is InChI=1S/C17H28N2O2/c1-13(2)7-8-19(3)15(12-18)14-5-6-16-17(11-14)21-10-4-9-20-16/h5-6,11,13,15H,4,7-10,12,18H2,1-3H3. The fraction of sp³-hybridized carbons (Fsp3) is 0.647. The Morgan fingerprint density at radius 2 is 1.90 bits per heavy atom. The minimum Gasteiger partial charge on any atom is -0.490 e. The number of hydrogen-bond acceptors (Lipinski definition) is 4. The molecule has 1 aliphatic heterocycles. The monoisotopic (exact) mass is 292 g/mol. The van der Waals surface area contributed by atoms with Crippen molar-refractivity contribution < 1.29 is 9.47 Å². The molecule has 1 aromatic rings. The van der Waals surface area contributed by atoms with Crippen LogP contribution in [0.2, 0.25) is 0 Å². The molecule has 4 heteroatoms. The largest absolute Gasteiger partial charge is 0.490 e. The van der Waals surface area contributed by atoms with Crippen LogP contribution < -0.4 is 15.2 Å². The molecule has 1 heterocycles. The summed E-state index contributed by atoms with van der Waals surface area (Å²) in [5.41, 5.74) is 7.21. The average Bonchev–Trinajstić information content (AvgIpc) is 2.70. The SMILES string of the molecule is CC(C)CCN(C)C(CN)c1ccc2c(c1)OCCCO2. The fourth-order valence-corrected chi connectivity index (χ4v) is 2.58. The lowest BCUT2D eigenvalue weighted by Gasteiger charge is -2.28. The van der Waals surface area contributed by atoms with Gasteiger partial charge in [0.25, 0.3) is 0 Å². The molecule has 0 spiro atoms. The summed E-state index contributed by atoms with van der Waals surface area (Å²) < 4.78 is 11.5. The van der Waals surface area contributed by atoms with Gasteiger partial charge < -0.3 is 15.2 Å². The van der Waals surface area contributed by atoms with Crippen LogP contribution in [-0.2, 0) is 0 Å². The van der Waals surface area contributed by atoms with Crippen molar-refractivity contribution in [3.63, 3.8) is 0 Å². The lowest BCUT2D eigenvalue weighted by atomic mass is 10.0. The highest BCUT2D eigenvalue weighted by molar-refractivity contribution is 5.44. The van der Waals surface area contributed by atoms with Crippen molar-refractivity contribution in [2.24, 2.45) is 11.7 Å². The molecule has 0 amide bonds. The molecule has 1 atom stereocenters. The molecule has 0 fully saturated rings. The second kappa shape index (κ2) is 7.66. The van der Waals surface area contributed by atoms with Crippen LogP contribution in [0.1, 0.15) is 38.3 Å². The molecule has 0 saturated heterocycles. The Balaban J connectivity index is 2.12. The lowest BCUT2D eigenvalue weighted by Crippen LogP contribution is -2.31. The molecule has 1 aromatic carbocycles. The van der Waals surface area contributed by atoms with Crippen LogP contribution in [0.5, 0.6) is 11.5 Å². The minimum atomic E-state index is 0.223. The lowest BCUT2D eigenvalue weighted by molar-refractivity contribution is 0.235. The van der Waals surface area contributed by atoms with Crippen molar-refractivity contribution in [2.45, 2.75) is 32.7 Å². The molecular formula is C17H28N2O2. The van der Waals surface area contributed by atoms with Crippen LogP contribution in [0, 0.1) is 5.92 Å². The third-order valence-electron chi connectivity index (χ3n) is 3.97. The molecule has 1 aliphatic rings. The van der Waals surface area contributed by atoms with Crippen LogP contribution in [0.25, 0.3) is 0 Å². The highest BCUT2D eigenvalue weighted by Gasteiger charge is 2.19. The summed E-state index contributed by atoms with van der Waals surface area (Å²) in [5, 5.41) is 0. The van der Waals surface area contributed by atoms with Gasteiger partial charge in [0.05, 0.1) is 13.2 Å². The van der Waals surface area contributed by atoms with Gasteiger partial charge in [-0.1, -0.05) is 19.9 Å². The number of benzene rings is 1. The van der Waals surface area contributed by atoms with E-state index >= 15 is 0 Å². The smallest absolute Gasteiger partial charge is 0.161 e. The molecule has 0 radical (unpaired) electrons. The van der Waals surface area contributed by atoms with E-state index in [1.807, 2.05) is 6.07 Å². The van der Waals surface area contributed by atoms with Crippen LogP contribution in [0.3, 0.4) is 0 Å². The highest BCUT2D eigenvalue weighted by atomic mass is 16.5. The van der Waals surface area contributed by atoms with E-state index in [0.29, 0.717) is 19.1 Å². The van der Waals surface area contributed by atoms with Gasteiger partial charge in [0.2, 0.25) is 0 Å².